The largest absolute Gasteiger partial charge is 0.433 e. The number of pyridine rings is 1. The molecule has 4 heterocycles. The van der Waals surface area contributed by atoms with E-state index in [-0.39, 0.29) is 36.2 Å². The van der Waals surface area contributed by atoms with E-state index >= 15 is 0 Å². The number of aromatic nitrogens is 3. The van der Waals surface area contributed by atoms with Gasteiger partial charge in [0.15, 0.2) is 5.82 Å². The molecule has 0 aliphatic carbocycles. The van der Waals surface area contributed by atoms with Crippen LogP contribution in [0.5, 0.6) is 0 Å². The van der Waals surface area contributed by atoms with Gasteiger partial charge >= 0.3 is 6.18 Å². The fraction of sp³-hybridized carbons (Fsp3) is 0.500. The standard InChI is InChI=1S/C22H26F3N7O2/c1-11(2)18-20(34)29-17-12(3)27-21(30-19(17)31(18)4)28-14-9-32(10-14)16(33)7-13-5-6-15(26-8-13)22(23,24)25/h5-6,8,11,14,18H,7,9-10H2,1-4H3,(H,29,34)(H,27,28,30)/t18-/m0/s1. The number of fused-ring (bicyclic) bond motifs is 1. The average Bonchev–Trinajstić information content (AvgIpc) is 2.70. The van der Waals surface area contributed by atoms with E-state index in [9.17, 15) is 22.8 Å². The molecule has 2 amide bonds. The summed E-state index contributed by atoms with van der Waals surface area (Å²) in [5.41, 5.74) is 0.664. The summed E-state index contributed by atoms with van der Waals surface area (Å²) in [5, 5.41) is 6.13. The second-order valence-corrected chi connectivity index (χ2v) is 8.99. The minimum Gasteiger partial charge on any atom is -0.348 e. The monoisotopic (exact) mass is 477 g/mol. The molecule has 2 aliphatic rings. The van der Waals surface area contributed by atoms with Crippen LogP contribution in [0.4, 0.5) is 30.6 Å². The van der Waals surface area contributed by atoms with Crippen LogP contribution in [0.2, 0.25) is 0 Å². The highest BCUT2D eigenvalue weighted by Crippen LogP contribution is 2.34. The SMILES string of the molecule is Cc1nc(NC2CN(C(=O)Cc3ccc(C(F)(F)F)nc3)C2)nc2c1NC(=O)[C@H](C(C)C)N2C. The number of anilines is 3. The zero-order valence-corrected chi connectivity index (χ0v) is 19.3. The molecule has 182 valence electrons. The number of amides is 2. The first-order valence-corrected chi connectivity index (χ1v) is 10.9. The number of carbonyl (C=O) groups excluding carboxylic acids is 2. The number of hydrogen-bond acceptors (Lipinski definition) is 7. The molecule has 0 unspecified atom stereocenters. The van der Waals surface area contributed by atoms with E-state index < -0.39 is 11.9 Å². The fourth-order valence-electron chi connectivity index (χ4n) is 4.22. The van der Waals surface area contributed by atoms with Gasteiger partial charge in [0, 0.05) is 26.3 Å². The second-order valence-electron chi connectivity index (χ2n) is 8.99. The third-order valence-electron chi connectivity index (χ3n) is 6.01. The lowest BCUT2D eigenvalue weighted by molar-refractivity contribution is -0.141. The topological polar surface area (TPSA) is 103 Å². The van der Waals surface area contributed by atoms with Gasteiger partial charge in [-0.15, -0.1) is 0 Å². The highest BCUT2D eigenvalue weighted by Gasteiger charge is 2.36. The van der Waals surface area contributed by atoms with Gasteiger partial charge in [0.05, 0.1) is 18.2 Å². The highest BCUT2D eigenvalue weighted by molar-refractivity contribution is 6.03. The number of likely N-dealkylation sites (N-methyl/N-ethyl adjacent to an activating group) is 1. The summed E-state index contributed by atoms with van der Waals surface area (Å²) < 4.78 is 37.9. The van der Waals surface area contributed by atoms with Gasteiger partial charge in [0.1, 0.15) is 17.4 Å². The van der Waals surface area contributed by atoms with E-state index in [2.05, 4.69) is 25.6 Å². The average molecular weight is 477 g/mol. The van der Waals surface area contributed by atoms with Crippen LogP contribution in [0.3, 0.4) is 0 Å². The molecule has 2 aromatic heterocycles. The van der Waals surface area contributed by atoms with Crippen molar-refractivity contribution in [2.24, 2.45) is 5.92 Å². The molecule has 2 aliphatic heterocycles. The Morgan fingerprint density at radius 2 is 1.97 bits per heavy atom. The van der Waals surface area contributed by atoms with Gasteiger partial charge < -0.3 is 20.4 Å². The summed E-state index contributed by atoms with van der Waals surface area (Å²) in [6, 6.07) is 1.75. The molecule has 1 saturated heterocycles. The number of nitrogens with one attached hydrogen (secondary N) is 2. The maximum absolute atomic E-state index is 12.6. The van der Waals surface area contributed by atoms with Crippen molar-refractivity contribution in [3.8, 4) is 0 Å². The summed E-state index contributed by atoms with van der Waals surface area (Å²) in [7, 11) is 1.83. The number of halogens is 3. The lowest BCUT2D eigenvalue weighted by atomic mass is 9.99. The zero-order valence-electron chi connectivity index (χ0n) is 19.3. The molecular formula is C22H26F3N7O2. The molecule has 12 heteroatoms. The molecule has 9 nitrogen and oxygen atoms in total. The van der Waals surface area contributed by atoms with Crippen LogP contribution in [0.15, 0.2) is 18.3 Å². The highest BCUT2D eigenvalue weighted by atomic mass is 19.4. The Bertz CT molecular complexity index is 1100. The van der Waals surface area contributed by atoms with E-state index in [1.54, 1.807) is 11.8 Å². The summed E-state index contributed by atoms with van der Waals surface area (Å²) in [6.07, 6.45) is -3.45. The lowest BCUT2D eigenvalue weighted by Crippen LogP contribution is -2.57. The van der Waals surface area contributed by atoms with Crippen LogP contribution in [0.1, 0.15) is 30.8 Å². The molecule has 0 radical (unpaired) electrons. The zero-order chi connectivity index (χ0) is 24.8. The lowest BCUT2D eigenvalue weighted by Gasteiger charge is -2.40. The van der Waals surface area contributed by atoms with Crippen molar-refractivity contribution >= 4 is 29.3 Å². The number of aryl methyl sites for hydroxylation is 1. The van der Waals surface area contributed by atoms with Gasteiger partial charge in [-0.1, -0.05) is 19.9 Å². The third kappa shape index (κ3) is 4.62. The molecule has 4 rings (SSSR count). The Kier molecular flexibility index (Phi) is 6.09. The molecule has 0 saturated carbocycles. The Morgan fingerprint density at radius 1 is 1.26 bits per heavy atom. The maximum Gasteiger partial charge on any atom is 0.433 e. The van der Waals surface area contributed by atoms with Crippen molar-refractivity contribution < 1.29 is 22.8 Å². The first kappa shape index (κ1) is 23.7. The van der Waals surface area contributed by atoms with Crippen LogP contribution in [-0.2, 0) is 22.2 Å². The first-order chi connectivity index (χ1) is 15.9. The van der Waals surface area contributed by atoms with Crippen LogP contribution >= 0.6 is 0 Å². The van der Waals surface area contributed by atoms with Gasteiger partial charge in [0.25, 0.3) is 0 Å². The van der Waals surface area contributed by atoms with Crippen molar-refractivity contribution in [3.05, 3.63) is 35.3 Å². The minimum absolute atomic E-state index is 0.0204. The smallest absolute Gasteiger partial charge is 0.348 e. The number of likely N-dealkylation sites (tertiary alicyclic amines) is 1. The predicted octanol–water partition coefficient (Wildman–Crippen LogP) is 2.48. The van der Waals surface area contributed by atoms with Crippen LogP contribution in [0.25, 0.3) is 0 Å². The Balaban J connectivity index is 1.36. The van der Waals surface area contributed by atoms with Gasteiger partial charge in [-0.3, -0.25) is 14.6 Å². The van der Waals surface area contributed by atoms with E-state index in [1.807, 2.05) is 25.8 Å². The van der Waals surface area contributed by atoms with E-state index in [0.29, 0.717) is 41.8 Å². The summed E-state index contributed by atoms with van der Waals surface area (Å²) in [4.78, 5) is 40.8. The number of rotatable bonds is 5. The number of nitrogens with zero attached hydrogens (tertiary/aromatic N) is 5. The molecule has 34 heavy (non-hydrogen) atoms. The molecule has 0 aromatic carbocycles. The van der Waals surface area contributed by atoms with Crippen molar-refractivity contribution in [2.75, 3.05) is 35.7 Å². The molecule has 2 aromatic rings. The summed E-state index contributed by atoms with van der Waals surface area (Å²) in [6.45, 7) is 6.59. The second kappa shape index (κ2) is 8.73. The van der Waals surface area contributed by atoms with Gasteiger partial charge in [-0.2, -0.15) is 18.2 Å². The van der Waals surface area contributed by atoms with Crippen molar-refractivity contribution in [1.29, 1.82) is 0 Å². The minimum atomic E-state index is -4.51. The molecule has 1 fully saturated rings. The number of carbonyl (C=O) groups is 2. The Labute approximate surface area is 194 Å². The van der Waals surface area contributed by atoms with Crippen molar-refractivity contribution in [3.63, 3.8) is 0 Å². The van der Waals surface area contributed by atoms with Crippen molar-refractivity contribution in [1.82, 2.24) is 19.9 Å². The molecule has 0 spiro atoms. The Hall–Kier alpha value is -3.44. The normalized spacial score (nSPS) is 18.5. The quantitative estimate of drug-likeness (QED) is 0.682. The maximum atomic E-state index is 12.6. The van der Waals surface area contributed by atoms with Crippen LogP contribution in [-0.4, -0.2) is 63.9 Å². The summed E-state index contributed by atoms with van der Waals surface area (Å²) >= 11 is 0. The van der Waals surface area contributed by atoms with E-state index in [4.69, 9.17) is 0 Å². The van der Waals surface area contributed by atoms with E-state index in [0.717, 1.165) is 12.3 Å². The third-order valence-corrected chi connectivity index (χ3v) is 6.01. The van der Waals surface area contributed by atoms with Gasteiger partial charge in [-0.05, 0) is 24.5 Å². The first-order valence-electron chi connectivity index (χ1n) is 10.9. The number of hydrogen-bond donors (Lipinski definition) is 2. The van der Waals surface area contributed by atoms with Crippen LogP contribution < -0.4 is 15.5 Å². The fourth-order valence-corrected chi connectivity index (χ4v) is 4.22. The summed E-state index contributed by atoms with van der Waals surface area (Å²) in [5.74, 6) is 0.857. The predicted molar refractivity (Wildman–Crippen MR) is 119 cm³/mol. The van der Waals surface area contributed by atoms with E-state index in [1.165, 1.54) is 6.07 Å². The van der Waals surface area contributed by atoms with Crippen molar-refractivity contribution in [2.45, 2.75) is 45.5 Å². The number of alkyl halides is 3. The molecule has 1 atom stereocenters. The Morgan fingerprint density at radius 3 is 2.56 bits per heavy atom. The van der Waals surface area contributed by atoms with Gasteiger partial charge in [-0.25, -0.2) is 4.98 Å². The molecular weight excluding hydrogens is 451 g/mol. The molecule has 0 bridgehead atoms. The van der Waals surface area contributed by atoms with Crippen LogP contribution in [0, 0.1) is 12.8 Å². The van der Waals surface area contributed by atoms with Gasteiger partial charge in [0.2, 0.25) is 17.8 Å². The molecule has 2 N–H and O–H groups in total.